The van der Waals surface area contributed by atoms with E-state index < -0.39 is 9.84 Å². The van der Waals surface area contributed by atoms with Crippen molar-refractivity contribution < 1.29 is 13.2 Å². The predicted molar refractivity (Wildman–Crippen MR) is 116 cm³/mol. The minimum Gasteiger partial charge on any atom is -0.362 e. The zero-order valence-electron chi connectivity index (χ0n) is 16.9. The number of fused-ring (bicyclic) bond motifs is 1. The Balaban J connectivity index is 1.56. The molecule has 2 aromatic rings. The molecule has 0 spiro atoms. The molecule has 2 aliphatic rings. The molecule has 4 rings (SSSR count). The van der Waals surface area contributed by atoms with Crippen LogP contribution >= 0.6 is 0 Å². The molecule has 154 valence electrons. The first-order valence-electron chi connectivity index (χ1n) is 10.3. The maximum absolute atomic E-state index is 13.4. The summed E-state index contributed by atoms with van der Waals surface area (Å²) >= 11 is 0. The van der Waals surface area contributed by atoms with Crippen molar-refractivity contribution in [3.8, 4) is 0 Å². The molecule has 5 nitrogen and oxygen atoms in total. The summed E-state index contributed by atoms with van der Waals surface area (Å²) < 4.78 is 24.1. The Morgan fingerprint density at radius 1 is 1.17 bits per heavy atom. The Morgan fingerprint density at radius 3 is 2.69 bits per heavy atom. The molecular weight excluding hydrogens is 384 g/mol. The molecule has 1 atom stereocenters. The maximum Gasteiger partial charge on any atom is 0.242 e. The van der Waals surface area contributed by atoms with E-state index in [-0.39, 0.29) is 23.5 Å². The van der Waals surface area contributed by atoms with Crippen molar-refractivity contribution in [2.45, 2.75) is 38.8 Å². The average Bonchev–Trinajstić information content (AvgIpc) is 3.06. The van der Waals surface area contributed by atoms with Gasteiger partial charge < -0.3 is 9.80 Å². The third-order valence-electron chi connectivity index (χ3n) is 5.94. The summed E-state index contributed by atoms with van der Waals surface area (Å²) in [6.07, 6.45) is 2.59. The fraction of sp³-hybridized carbons (Fsp3) is 0.435. The smallest absolute Gasteiger partial charge is 0.242 e. The number of aryl methyl sites for hydroxylation is 2. The molecule has 0 bridgehead atoms. The van der Waals surface area contributed by atoms with Crippen LogP contribution in [0.25, 0.3) is 0 Å². The number of rotatable bonds is 5. The average molecular weight is 413 g/mol. The van der Waals surface area contributed by atoms with E-state index in [0.29, 0.717) is 19.5 Å². The Hall–Kier alpha value is -2.34. The second-order valence-electron chi connectivity index (χ2n) is 8.22. The van der Waals surface area contributed by atoms with E-state index in [1.54, 1.807) is 4.90 Å². The molecule has 0 radical (unpaired) electrons. The van der Waals surface area contributed by atoms with E-state index in [0.717, 1.165) is 30.6 Å². The molecule has 6 heteroatoms. The first-order chi connectivity index (χ1) is 13.9. The fourth-order valence-electron chi connectivity index (χ4n) is 4.44. The lowest BCUT2D eigenvalue weighted by atomic mass is 9.99. The van der Waals surface area contributed by atoms with E-state index in [2.05, 4.69) is 30.0 Å². The minimum atomic E-state index is -3.06. The van der Waals surface area contributed by atoms with Crippen molar-refractivity contribution in [2.24, 2.45) is 0 Å². The van der Waals surface area contributed by atoms with E-state index in [1.165, 1.54) is 11.1 Å². The Bertz CT molecular complexity index is 988. The van der Waals surface area contributed by atoms with Gasteiger partial charge in [-0.1, -0.05) is 48.0 Å². The largest absolute Gasteiger partial charge is 0.362 e. The summed E-state index contributed by atoms with van der Waals surface area (Å²) in [7, 11) is -3.06. The number of carbonyl (C=O) groups is 1. The van der Waals surface area contributed by atoms with Gasteiger partial charge in [-0.3, -0.25) is 4.79 Å². The van der Waals surface area contributed by atoms with Gasteiger partial charge in [-0.15, -0.1) is 0 Å². The molecule has 1 saturated heterocycles. The number of anilines is 1. The van der Waals surface area contributed by atoms with Crippen molar-refractivity contribution in [3.05, 3.63) is 65.2 Å². The van der Waals surface area contributed by atoms with Gasteiger partial charge in [-0.25, -0.2) is 8.42 Å². The number of carbonyl (C=O) groups excluding carboxylic acids is 1. The van der Waals surface area contributed by atoms with Gasteiger partial charge in [0.2, 0.25) is 5.91 Å². The van der Waals surface area contributed by atoms with Crippen molar-refractivity contribution in [1.29, 1.82) is 0 Å². The highest BCUT2D eigenvalue weighted by Crippen LogP contribution is 2.28. The van der Waals surface area contributed by atoms with Crippen LogP contribution in [0.5, 0.6) is 0 Å². The number of sulfone groups is 1. The monoisotopic (exact) mass is 412 g/mol. The highest BCUT2D eigenvalue weighted by molar-refractivity contribution is 7.91. The molecule has 0 unspecified atom stereocenters. The summed E-state index contributed by atoms with van der Waals surface area (Å²) in [4.78, 5) is 17.3. The number of amides is 1. The maximum atomic E-state index is 13.4. The van der Waals surface area contributed by atoms with Crippen LogP contribution in [0.15, 0.2) is 48.5 Å². The molecule has 1 fully saturated rings. The third-order valence-corrected chi connectivity index (χ3v) is 7.69. The van der Waals surface area contributed by atoms with E-state index >= 15 is 0 Å². The van der Waals surface area contributed by atoms with Crippen molar-refractivity contribution in [1.82, 2.24) is 4.90 Å². The predicted octanol–water partition coefficient (Wildman–Crippen LogP) is 2.96. The first kappa shape index (κ1) is 20.0. The van der Waals surface area contributed by atoms with E-state index in [9.17, 15) is 13.2 Å². The van der Waals surface area contributed by atoms with Crippen molar-refractivity contribution >= 4 is 21.4 Å². The Morgan fingerprint density at radius 2 is 1.97 bits per heavy atom. The van der Waals surface area contributed by atoms with Crippen LogP contribution in [-0.4, -0.2) is 49.9 Å². The lowest BCUT2D eigenvalue weighted by Crippen LogP contribution is -2.47. The fourth-order valence-corrected chi connectivity index (χ4v) is 6.18. The lowest BCUT2D eigenvalue weighted by molar-refractivity contribution is -0.132. The molecule has 2 aromatic carbocycles. The lowest BCUT2D eigenvalue weighted by Gasteiger charge is -2.35. The van der Waals surface area contributed by atoms with Gasteiger partial charge in [0.1, 0.15) is 0 Å². The summed E-state index contributed by atoms with van der Waals surface area (Å²) in [6.45, 7) is 3.68. The molecular formula is C23H28N2O3S. The number of hydrogen-bond donors (Lipinski definition) is 0. The Labute approximate surface area is 173 Å². The van der Waals surface area contributed by atoms with Gasteiger partial charge >= 0.3 is 0 Å². The van der Waals surface area contributed by atoms with Crippen LogP contribution in [0.1, 0.15) is 29.5 Å². The molecule has 0 aliphatic carbocycles. The van der Waals surface area contributed by atoms with Crippen molar-refractivity contribution in [2.75, 3.05) is 29.5 Å². The molecule has 0 saturated carbocycles. The highest BCUT2D eigenvalue weighted by atomic mass is 32.2. The normalized spacial score (nSPS) is 20.3. The number of nitrogens with zero attached hydrogens (tertiary/aromatic N) is 2. The second-order valence-corrected chi connectivity index (χ2v) is 10.5. The van der Waals surface area contributed by atoms with Crippen molar-refractivity contribution in [3.63, 3.8) is 0 Å². The molecule has 1 amide bonds. The summed E-state index contributed by atoms with van der Waals surface area (Å²) in [6, 6.07) is 16.0. The third kappa shape index (κ3) is 4.64. The molecule has 2 heterocycles. The van der Waals surface area contributed by atoms with E-state index in [4.69, 9.17) is 0 Å². The SMILES string of the molecule is Cc1ccc2c(c1)CCCN2CC(=O)N(Cc1ccccc1)[C@H]1CCS(=O)(=O)C1. The quantitative estimate of drug-likeness (QED) is 0.758. The number of benzene rings is 2. The summed E-state index contributed by atoms with van der Waals surface area (Å²) in [5, 5.41) is 0. The van der Waals surface area contributed by atoms with Crippen LogP contribution in [0, 0.1) is 6.92 Å². The standard InChI is InChI=1S/C23H28N2O3S/c1-18-9-10-22-20(14-18)8-5-12-24(22)16-23(26)25(15-19-6-3-2-4-7-19)21-11-13-29(27,28)17-21/h2-4,6-7,9-10,14,21H,5,8,11-13,15-17H2,1H3/t21-/m0/s1. The summed E-state index contributed by atoms with van der Waals surface area (Å²) in [5.41, 5.74) is 4.69. The number of hydrogen-bond acceptors (Lipinski definition) is 4. The highest BCUT2D eigenvalue weighted by Gasteiger charge is 2.35. The van der Waals surface area contributed by atoms with Crippen LogP contribution in [0.4, 0.5) is 5.69 Å². The zero-order valence-corrected chi connectivity index (χ0v) is 17.7. The van der Waals surface area contributed by atoms with Gasteiger partial charge in [0.15, 0.2) is 9.84 Å². The van der Waals surface area contributed by atoms with Crippen LogP contribution < -0.4 is 4.90 Å². The zero-order chi connectivity index (χ0) is 20.4. The van der Waals surface area contributed by atoms with Gasteiger partial charge in [-0.05, 0) is 43.4 Å². The second kappa shape index (κ2) is 8.19. The molecule has 29 heavy (non-hydrogen) atoms. The molecule has 2 aliphatic heterocycles. The summed E-state index contributed by atoms with van der Waals surface area (Å²) in [5.74, 6) is 0.244. The van der Waals surface area contributed by atoms with E-state index in [1.807, 2.05) is 30.3 Å². The minimum absolute atomic E-state index is 0.00405. The van der Waals surface area contributed by atoms with Gasteiger partial charge in [0.25, 0.3) is 0 Å². The topological polar surface area (TPSA) is 57.7 Å². The van der Waals surface area contributed by atoms with Crippen LogP contribution in [0.2, 0.25) is 0 Å². The first-order valence-corrected chi connectivity index (χ1v) is 12.1. The molecule has 0 aromatic heterocycles. The Kier molecular flexibility index (Phi) is 5.63. The van der Waals surface area contributed by atoms with Crippen LogP contribution in [-0.2, 0) is 27.6 Å². The van der Waals surface area contributed by atoms with Gasteiger partial charge in [0.05, 0.1) is 18.1 Å². The van der Waals surface area contributed by atoms with Crippen LogP contribution in [0.3, 0.4) is 0 Å². The van der Waals surface area contributed by atoms with Gasteiger partial charge in [0, 0.05) is 24.8 Å². The van der Waals surface area contributed by atoms with Gasteiger partial charge in [-0.2, -0.15) is 0 Å². The molecule has 0 N–H and O–H groups in total.